The predicted molar refractivity (Wildman–Crippen MR) is 74.9 cm³/mol. The Morgan fingerprint density at radius 3 is 2.41 bits per heavy atom. The molecule has 0 heterocycles. The molecule has 0 aliphatic carbocycles. The van der Waals surface area contributed by atoms with Crippen LogP contribution < -0.4 is 0 Å². The Kier molecular flexibility index (Phi) is 5.30. The van der Waals surface area contributed by atoms with Crippen molar-refractivity contribution in [3.63, 3.8) is 0 Å². The van der Waals surface area contributed by atoms with Crippen LogP contribution in [0.4, 0.5) is 0 Å². The van der Waals surface area contributed by atoms with Crippen molar-refractivity contribution in [3.05, 3.63) is 33.8 Å². The highest BCUT2D eigenvalue weighted by molar-refractivity contribution is 6.35. The second kappa shape index (κ2) is 6.08. The number of hydrogen-bond acceptors (Lipinski definition) is 1. The van der Waals surface area contributed by atoms with Gasteiger partial charge in [-0.15, -0.1) is 0 Å². The van der Waals surface area contributed by atoms with Gasteiger partial charge in [0.2, 0.25) is 0 Å². The quantitative estimate of drug-likeness (QED) is 0.842. The summed E-state index contributed by atoms with van der Waals surface area (Å²) >= 11 is 11.9. The zero-order valence-electron chi connectivity index (χ0n) is 10.6. The third-order valence-electron chi connectivity index (χ3n) is 2.94. The van der Waals surface area contributed by atoms with Crippen molar-refractivity contribution in [2.45, 2.75) is 46.1 Å². The molecule has 0 aromatic heterocycles. The van der Waals surface area contributed by atoms with Crippen LogP contribution >= 0.6 is 23.2 Å². The third kappa shape index (κ3) is 4.87. The van der Waals surface area contributed by atoms with Crippen molar-refractivity contribution in [2.24, 2.45) is 5.41 Å². The average molecular weight is 275 g/mol. The molecule has 96 valence electrons. The first-order valence-corrected chi connectivity index (χ1v) is 6.68. The van der Waals surface area contributed by atoms with Crippen LogP contribution in [0.15, 0.2) is 18.2 Å². The molecule has 3 heteroatoms. The topological polar surface area (TPSA) is 20.2 Å². The number of aliphatic hydroxyl groups excluding tert-OH is 1. The summed E-state index contributed by atoms with van der Waals surface area (Å²) in [7, 11) is 0. The van der Waals surface area contributed by atoms with Gasteiger partial charge in [-0.2, -0.15) is 0 Å². The second-order valence-electron chi connectivity index (χ2n) is 5.51. The van der Waals surface area contributed by atoms with Gasteiger partial charge in [0.25, 0.3) is 0 Å². The summed E-state index contributed by atoms with van der Waals surface area (Å²) in [6, 6.07) is 5.57. The fourth-order valence-corrected chi connectivity index (χ4v) is 2.15. The van der Waals surface area contributed by atoms with E-state index in [2.05, 4.69) is 0 Å². The van der Waals surface area contributed by atoms with E-state index in [9.17, 15) is 5.11 Å². The molecule has 0 bridgehead atoms. The molecule has 0 saturated carbocycles. The lowest BCUT2D eigenvalue weighted by Crippen LogP contribution is -2.25. The van der Waals surface area contributed by atoms with Crippen molar-refractivity contribution in [1.82, 2.24) is 0 Å². The number of aliphatic hydroxyl groups is 1. The Balaban J connectivity index is 2.46. The predicted octanol–water partition coefficient (Wildman–Crippen LogP) is 4.72. The molecule has 1 rings (SSSR count). The van der Waals surface area contributed by atoms with E-state index in [1.165, 1.54) is 0 Å². The van der Waals surface area contributed by atoms with E-state index in [-0.39, 0.29) is 11.5 Å². The van der Waals surface area contributed by atoms with Crippen LogP contribution in [0.1, 0.15) is 39.2 Å². The lowest BCUT2D eigenvalue weighted by Gasteiger charge is -2.25. The molecule has 0 aliphatic heterocycles. The molecular weight excluding hydrogens is 255 g/mol. The van der Waals surface area contributed by atoms with Crippen LogP contribution in [0.3, 0.4) is 0 Å². The summed E-state index contributed by atoms with van der Waals surface area (Å²) in [4.78, 5) is 0. The summed E-state index contributed by atoms with van der Waals surface area (Å²) in [5.41, 5.74) is 1.04. The van der Waals surface area contributed by atoms with Crippen molar-refractivity contribution in [2.75, 3.05) is 0 Å². The maximum absolute atomic E-state index is 9.92. The van der Waals surface area contributed by atoms with E-state index in [4.69, 9.17) is 23.2 Å². The Labute approximate surface area is 114 Å². The average Bonchev–Trinajstić information content (AvgIpc) is 2.19. The van der Waals surface area contributed by atoms with Gasteiger partial charge in [0, 0.05) is 10.0 Å². The zero-order valence-corrected chi connectivity index (χ0v) is 12.1. The summed E-state index contributed by atoms with van der Waals surface area (Å²) in [5, 5.41) is 11.3. The number of aryl methyl sites for hydroxylation is 1. The molecular formula is C14H20Cl2O. The summed E-state index contributed by atoms with van der Waals surface area (Å²) in [5.74, 6) is 0. The monoisotopic (exact) mass is 274 g/mol. The molecule has 0 amide bonds. The first-order chi connectivity index (χ1) is 7.80. The highest BCUT2D eigenvalue weighted by atomic mass is 35.5. The van der Waals surface area contributed by atoms with Crippen LogP contribution in [0, 0.1) is 5.41 Å². The minimum absolute atomic E-state index is 0.0518. The molecule has 1 aromatic rings. The Morgan fingerprint density at radius 2 is 1.88 bits per heavy atom. The van der Waals surface area contributed by atoms with E-state index in [0.717, 1.165) is 24.8 Å². The van der Waals surface area contributed by atoms with Crippen LogP contribution in [-0.2, 0) is 6.42 Å². The minimum Gasteiger partial charge on any atom is -0.393 e. The van der Waals surface area contributed by atoms with E-state index >= 15 is 0 Å². The number of halogens is 2. The normalized spacial score (nSPS) is 13.8. The molecule has 1 atom stereocenters. The summed E-state index contributed by atoms with van der Waals surface area (Å²) in [6.07, 6.45) is 2.33. The molecule has 0 aliphatic rings. The lowest BCUT2D eigenvalue weighted by molar-refractivity contribution is 0.0540. The zero-order chi connectivity index (χ0) is 13.1. The Bertz CT molecular complexity index is 369. The maximum atomic E-state index is 9.92. The number of hydrogen-bond donors (Lipinski definition) is 1. The molecule has 17 heavy (non-hydrogen) atoms. The van der Waals surface area contributed by atoms with Gasteiger partial charge in [-0.3, -0.25) is 0 Å². The third-order valence-corrected chi connectivity index (χ3v) is 3.53. The fourth-order valence-electron chi connectivity index (χ4n) is 1.64. The molecule has 0 fully saturated rings. The smallest absolute Gasteiger partial charge is 0.0588 e. The molecule has 1 nitrogen and oxygen atoms in total. The maximum Gasteiger partial charge on any atom is 0.0588 e. The molecule has 0 spiro atoms. The van der Waals surface area contributed by atoms with Crippen molar-refractivity contribution in [3.8, 4) is 0 Å². The summed E-state index contributed by atoms with van der Waals surface area (Å²) < 4.78 is 0. The van der Waals surface area contributed by atoms with Crippen molar-refractivity contribution >= 4 is 23.2 Å². The van der Waals surface area contributed by atoms with Gasteiger partial charge in [-0.1, -0.05) is 50.0 Å². The van der Waals surface area contributed by atoms with E-state index in [0.29, 0.717) is 10.0 Å². The second-order valence-corrected chi connectivity index (χ2v) is 6.35. The molecule has 1 unspecified atom stereocenters. The van der Waals surface area contributed by atoms with Crippen LogP contribution in [0.2, 0.25) is 10.0 Å². The standard InChI is InChI=1S/C14H20Cl2O/c1-14(2,3)13(17)6-4-5-10-7-8-11(15)9-12(10)16/h7-9,13,17H,4-6H2,1-3H3. The molecule has 0 radical (unpaired) electrons. The SMILES string of the molecule is CC(C)(C)C(O)CCCc1ccc(Cl)cc1Cl. The van der Waals surface area contributed by atoms with Crippen LogP contribution in [0.5, 0.6) is 0 Å². The van der Waals surface area contributed by atoms with Gasteiger partial charge < -0.3 is 5.11 Å². The van der Waals surface area contributed by atoms with Gasteiger partial charge in [0.05, 0.1) is 6.10 Å². The van der Waals surface area contributed by atoms with Gasteiger partial charge in [0.15, 0.2) is 0 Å². The van der Waals surface area contributed by atoms with Gasteiger partial charge in [-0.05, 0) is 42.4 Å². The number of benzene rings is 1. The Hall–Kier alpha value is -0.240. The van der Waals surface area contributed by atoms with E-state index in [1.54, 1.807) is 6.07 Å². The van der Waals surface area contributed by atoms with E-state index in [1.807, 2.05) is 32.9 Å². The van der Waals surface area contributed by atoms with Crippen LogP contribution in [0.25, 0.3) is 0 Å². The van der Waals surface area contributed by atoms with Gasteiger partial charge in [-0.25, -0.2) is 0 Å². The first kappa shape index (κ1) is 14.8. The lowest BCUT2D eigenvalue weighted by atomic mass is 9.86. The van der Waals surface area contributed by atoms with Crippen molar-refractivity contribution < 1.29 is 5.11 Å². The molecule has 0 saturated heterocycles. The molecule has 1 aromatic carbocycles. The van der Waals surface area contributed by atoms with Crippen molar-refractivity contribution in [1.29, 1.82) is 0 Å². The summed E-state index contributed by atoms with van der Waals surface area (Å²) in [6.45, 7) is 6.15. The Morgan fingerprint density at radius 1 is 1.24 bits per heavy atom. The molecule has 1 N–H and O–H groups in total. The van der Waals surface area contributed by atoms with Crippen LogP contribution in [-0.4, -0.2) is 11.2 Å². The fraction of sp³-hybridized carbons (Fsp3) is 0.571. The largest absolute Gasteiger partial charge is 0.393 e. The first-order valence-electron chi connectivity index (χ1n) is 5.92. The van der Waals surface area contributed by atoms with Gasteiger partial charge >= 0.3 is 0 Å². The number of rotatable bonds is 4. The van der Waals surface area contributed by atoms with E-state index < -0.39 is 0 Å². The highest BCUT2D eigenvalue weighted by Gasteiger charge is 2.21. The van der Waals surface area contributed by atoms with Gasteiger partial charge in [0.1, 0.15) is 0 Å². The highest BCUT2D eigenvalue weighted by Crippen LogP contribution is 2.25. The minimum atomic E-state index is -0.270.